The van der Waals surface area contributed by atoms with Gasteiger partial charge >= 0.3 is 5.97 Å². The van der Waals surface area contributed by atoms with Crippen LogP contribution in [0.15, 0.2) is 54.6 Å². The van der Waals surface area contributed by atoms with Crippen molar-refractivity contribution in [3.05, 3.63) is 71.4 Å². The van der Waals surface area contributed by atoms with E-state index in [0.717, 1.165) is 25.7 Å². The van der Waals surface area contributed by atoms with Crippen LogP contribution < -0.4 is 0 Å². The van der Waals surface area contributed by atoms with Crippen molar-refractivity contribution >= 4 is 16.9 Å². The van der Waals surface area contributed by atoms with Gasteiger partial charge < -0.3 is 15.0 Å². The number of benzene rings is 2. The number of H-pyrrole nitrogens is 1. The fourth-order valence-corrected chi connectivity index (χ4v) is 5.46. The molecule has 1 aliphatic rings. The summed E-state index contributed by atoms with van der Waals surface area (Å²) in [6.45, 7) is 0. The number of rotatable bonds is 8. The maximum atomic E-state index is 11.1. The standard InChI is InChI=1S/C27H34N2O2/c1-29(2)27(19-20-9-4-3-5-10-20)17-15-21(16-18-27)26-23(12-8-14-25(30)31)22-11-6-7-13-24(22)28-26/h3-7,9-11,13,21,28H,8,12,14-19H2,1-2H3,(H,30,31). The molecule has 4 heteroatoms. The van der Waals surface area contributed by atoms with Gasteiger partial charge in [-0.05, 0) is 82.2 Å². The molecule has 0 bridgehead atoms. The average Bonchev–Trinajstić information content (AvgIpc) is 3.13. The van der Waals surface area contributed by atoms with Crippen LogP contribution in [0.1, 0.15) is 61.3 Å². The lowest BCUT2D eigenvalue weighted by Crippen LogP contribution is -2.48. The molecule has 0 radical (unpaired) electrons. The molecule has 0 amide bonds. The Morgan fingerprint density at radius 2 is 1.74 bits per heavy atom. The fourth-order valence-electron chi connectivity index (χ4n) is 5.46. The van der Waals surface area contributed by atoms with Gasteiger partial charge in [0.15, 0.2) is 0 Å². The number of para-hydroxylation sites is 1. The Morgan fingerprint density at radius 3 is 2.42 bits per heavy atom. The Morgan fingerprint density at radius 1 is 1.06 bits per heavy atom. The van der Waals surface area contributed by atoms with Gasteiger partial charge in [-0.3, -0.25) is 4.79 Å². The second-order valence-electron chi connectivity index (χ2n) is 9.37. The monoisotopic (exact) mass is 418 g/mol. The van der Waals surface area contributed by atoms with Crippen molar-refractivity contribution in [3.63, 3.8) is 0 Å². The number of aliphatic carboxylic acids is 1. The number of aromatic amines is 1. The molecule has 31 heavy (non-hydrogen) atoms. The van der Waals surface area contributed by atoms with Crippen molar-refractivity contribution in [1.82, 2.24) is 9.88 Å². The second kappa shape index (κ2) is 9.27. The van der Waals surface area contributed by atoms with Crippen molar-refractivity contribution in [2.45, 2.75) is 62.8 Å². The maximum absolute atomic E-state index is 11.1. The van der Waals surface area contributed by atoms with Crippen molar-refractivity contribution in [2.75, 3.05) is 14.1 Å². The fraction of sp³-hybridized carbons (Fsp3) is 0.444. The molecule has 0 aliphatic heterocycles. The summed E-state index contributed by atoms with van der Waals surface area (Å²) >= 11 is 0. The lowest BCUT2D eigenvalue weighted by molar-refractivity contribution is -0.137. The van der Waals surface area contributed by atoms with Crippen LogP contribution in [-0.4, -0.2) is 40.6 Å². The Balaban J connectivity index is 1.55. The summed E-state index contributed by atoms with van der Waals surface area (Å²) in [5.74, 6) is -0.202. The lowest BCUT2D eigenvalue weighted by Gasteiger charge is -2.45. The van der Waals surface area contributed by atoms with Gasteiger partial charge in [-0.2, -0.15) is 0 Å². The van der Waals surface area contributed by atoms with Crippen molar-refractivity contribution < 1.29 is 9.90 Å². The van der Waals surface area contributed by atoms with Crippen LogP contribution in [0.3, 0.4) is 0 Å². The van der Waals surface area contributed by atoms with E-state index in [1.807, 2.05) is 0 Å². The first kappa shape index (κ1) is 21.6. The number of nitrogens with one attached hydrogen (secondary N) is 1. The van der Waals surface area contributed by atoms with E-state index in [1.165, 1.54) is 40.6 Å². The zero-order valence-electron chi connectivity index (χ0n) is 18.7. The number of nitrogens with zero attached hydrogens (tertiary/aromatic N) is 1. The van der Waals surface area contributed by atoms with Gasteiger partial charge in [-0.1, -0.05) is 48.5 Å². The highest BCUT2D eigenvalue weighted by molar-refractivity contribution is 5.85. The third kappa shape index (κ3) is 4.69. The van der Waals surface area contributed by atoms with E-state index < -0.39 is 5.97 Å². The number of fused-ring (bicyclic) bond motifs is 1. The lowest BCUT2D eigenvalue weighted by atomic mass is 9.71. The van der Waals surface area contributed by atoms with E-state index in [9.17, 15) is 4.79 Å². The normalized spacial score (nSPS) is 21.6. The zero-order chi connectivity index (χ0) is 21.8. The summed E-state index contributed by atoms with van der Waals surface area (Å²) in [6, 6.07) is 19.3. The Hall–Kier alpha value is -2.59. The van der Waals surface area contributed by atoms with Gasteiger partial charge in [0.05, 0.1) is 0 Å². The molecule has 1 heterocycles. The minimum atomic E-state index is -0.712. The average molecular weight is 419 g/mol. The van der Waals surface area contributed by atoms with Gasteiger partial charge in [-0.15, -0.1) is 0 Å². The molecule has 4 rings (SSSR count). The Kier molecular flexibility index (Phi) is 6.47. The minimum Gasteiger partial charge on any atom is -0.481 e. The van der Waals surface area contributed by atoms with Gasteiger partial charge in [0.25, 0.3) is 0 Å². The van der Waals surface area contributed by atoms with Crippen LogP contribution in [-0.2, 0) is 17.6 Å². The SMILES string of the molecule is CN(C)C1(Cc2ccccc2)CCC(c2[nH]c3ccccc3c2CCCC(=O)O)CC1. The third-order valence-electron chi connectivity index (χ3n) is 7.31. The summed E-state index contributed by atoms with van der Waals surface area (Å²) in [7, 11) is 4.45. The maximum Gasteiger partial charge on any atom is 0.303 e. The molecule has 1 saturated carbocycles. The minimum absolute atomic E-state index is 0.202. The van der Waals surface area contributed by atoms with Gasteiger partial charge in [0.2, 0.25) is 0 Å². The van der Waals surface area contributed by atoms with Gasteiger partial charge in [-0.25, -0.2) is 0 Å². The molecule has 0 unspecified atom stereocenters. The summed E-state index contributed by atoms with van der Waals surface area (Å²) < 4.78 is 0. The number of aryl methyl sites for hydroxylation is 1. The molecular formula is C27H34N2O2. The summed E-state index contributed by atoms with van der Waals surface area (Å²) in [4.78, 5) is 17.2. The molecule has 2 N–H and O–H groups in total. The Labute approximate surface area is 185 Å². The molecule has 1 fully saturated rings. The van der Waals surface area contributed by atoms with Crippen molar-refractivity contribution in [1.29, 1.82) is 0 Å². The molecule has 1 aliphatic carbocycles. The van der Waals surface area contributed by atoms with Gasteiger partial charge in [0, 0.05) is 28.6 Å². The quantitative estimate of drug-likeness (QED) is 0.488. The highest BCUT2D eigenvalue weighted by atomic mass is 16.4. The number of hydrogen-bond donors (Lipinski definition) is 2. The molecule has 2 aromatic carbocycles. The van der Waals surface area contributed by atoms with E-state index in [1.54, 1.807) is 0 Å². The highest BCUT2D eigenvalue weighted by Gasteiger charge is 2.38. The number of carboxylic acid groups (broad SMARTS) is 1. The summed E-state index contributed by atoms with van der Waals surface area (Å²) in [6.07, 6.45) is 7.48. The van der Waals surface area contributed by atoms with Crippen LogP contribution in [0.25, 0.3) is 10.9 Å². The van der Waals surface area contributed by atoms with E-state index in [-0.39, 0.29) is 12.0 Å². The van der Waals surface area contributed by atoms with Crippen LogP contribution in [0.4, 0.5) is 0 Å². The molecule has 164 valence electrons. The van der Waals surface area contributed by atoms with E-state index in [4.69, 9.17) is 5.11 Å². The van der Waals surface area contributed by atoms with Crippen molar-refractivity contribution in [3.8, 4) is 0 Å². The Bertz CT molecular complexity index is 1010. The molecule has 3 aromatic rings. The van der Waals surface area contributed by atoms with E-state index >= 15 is 0 Å². The van der Waals surface area contributed by atoms with Crippen molar-refractivity contribution in [2.24, 2.45) is 0 Å². The summed E-state index contributed by atoms with van der Waals surface area (Å²) in [5.41, 5.74) is 5.47. The first-order chi connectivity index (χ1) is 15.0. The van der Waals surface area contributed by atoms with E-state index in [2.05, 4.69) is 78.6 Å². The molecule has 1 aromatic heterocycles. The van der Waals surface area contributed by atoms with Crippen LogP contribution in [0.5, 0.6) is 0 Å². The number of likely N-dealkylation sites (N-methyl/N-ethyl adjacent to an activating group) is 1. The highest BCUT2D eigenvalue weighted by Crippen LogP contribution is 2.44. The zero-order valence-corrected chi connectivity index (χ0v) is 18.7. The summed E-state index contributed by atoms with van der Waals surface area (Å²) in [5, 5.41) is 10.4. The topological polar surface area (TPSA) is 56.3 Å². The first-order valence-electron chi connectivity index (χ1n) is 11.5. The number of hydrogen-bond acceptors (Lipinski definition) is 2. The smallest absolute Gasteiger partial charge is 0.303 e. The van der Waals surface area contributed by atoms with Crippen LogP contribution in [0, 0.1) is 0 Å². The largest absolute Gasteiger partial charge is 0.481 e. The predicted octanol–water partition coefficient (Wildman–Crippen LogP) is 5.78. The predicted molar refractivity (Wildman–Crippen MR) is 127 cm³/mol. The molecule has 0 atom stereocenters. The van der Waals surface area contributed by atoms with Crippen LogP contribution >= 0.6 is 0 Å². The third-order valence-corrected chi connectivity index (χ3v) is 7.31. The second-order valence-corrected chi connectivity index (χ2v) is 9.37. The first-order valence-corrected chi connectivity index (χ1v) is 11.5. The number of carbonyl (C=O) groups is 1. The molecular weight excluding hydrogens is 384 g/mol. The molecule has 0 saturated heterocycles. The van der Waals surface area contributed by atoms with Crippen LogP contribution in [0.2, 0.25) is 0 Å². The number of carboxylic acids is 1. The molecule has 0 spiro atoms. The van der Waals surface area contributed by atoms with Gasteiger partial charge in [0.1, 0.15) is 0 Å². The number of aromatic nitrogens is 1. The molecule has 4 nitrogen and oxygen atoms in total. The van der Waals surface area contributed by atoms with E-state index in [0.29, 0.717) is 12.3 Å².